The maximum absolute atomic E-state index is 12.6. The molecule has 8 heteroatoms. The standard InChI is InChI=1S/C14H16N6OS/c1-19(2)9-4-6-16-13-10(9)11-12(22-13)14(21)20(8-17-11)7-3-5-18-15/h3-6,8,18H,7,15H2,1-2H3/b5-3-. The molecule has 0 bridgehead atoms. The van der Waals surface area contributed by atoms with Crippen molar-refractivity contribution in [3.63, 3.8) is 0 Å². The van der Waals surface area contributed by atoms with E-state index in [1.54, 1.807) is 29.4 Å². The zero-order valence-electron chi connectivity index (χ0n) is 12.3. The van der Waals surface area contributed by atoms with Crippen LogP contribution in [-0.2, 0) is 6.54 Å². The first-order chi connectivity index (χ1) is 10.6. The molecule has 114 valence electrons. The van der Waals surface area contributed by atoms with Gasteiger partial charge in [0.05, 0.1) is 22.9 Å². The van der Waals surface area contributed by atoms with E-state index < -0.39 is 0 Å². The Bertz CT molecular complexity index is 911. The van der Waals surface area contributed by atoms with Gasteiger partial charge in [-0.15, -0.1) is 11.3 Å². The number of allylic oxidation sites excluding steroid dienone is 1. The number of nitrogens with one attached hydrogen (secondary N) is 1. The summed E-state index contributed by atoms with van der Waals surface area (Å²) >= 11 is 1.38. The minimum atomic E-state index is -0.0700. The molecule has 0 amide bonds. The SMILES string of the molecule is CN(C)c1ccnc2sc3c(=O)n(C/C=C\NN)cnc3c12. The van der Waals surface area contributed by atoms with E-state index in [1.165, 1.54) is 11.3 Å². The summed E-state index contributed by atoms with van der Waals surface area (Å²) in [6.07, 6.45) is 6.64. The van der Waals surface area contributed by atoms with Crippen LogP contribution < -0.4 is 21.7 Å². The molecule has 3 rings (SSSR count). The molecule has 0 aliphatic carbocycles. The van der Waals surface area contributed by atoms with E-state index in [9.17, 15) is 4.79 Å². The average Bonchev–Trinajstić information content (AvgIpc) is 2.89. The summed E-state index contributed by atoms with van der Waals surface area (Å²) in [5.41, 5.74) is 4.05. The summed E-state index contributed by atoms with van der Waals surface area (Å²) in [4.78, 5) is 24.2. The fourth-order valence-electron chi connectivity index (χ4n) is 2.31. The molecule has 0 aliphatic heterocycles. The van der Waals surface area contributed by atoms with E-state index in [2.05, 4.69) is 15.4 Å². The van der Waals surface area contributed by atoms with Crippen LogP contribution in [0.4, 0.5) is 5.69 Å². The number of hydrogen-bond acceptors (Lipinski definition) is 7. The molecule has 7 nitrogen and oxygen atoms in total. The van der Waals surface area contributed by atoms with Crippen molar-refractivity contribution in [1.29, 1.82) is 0 Å². The Kier molecular flexibility index (Phi) is 3.78. The number of nitrogens with zero attached hydrogens (tertiary/aromatic N) is 4. The quantitative estimate of drug-likeness (QED) is 0.552. The fraction of sp³-hybridized carbons (Fsp3) is 0.214. The molecule has 0 saturated heterocycles. The van der Waals surface area contributed by atoms with Crippen LogP contribution in [-0.4, -0.2) is 28.6 Å². The number of hydrazine groups is 1. The first kappa shape index (κ1) is 14.5. The predicted octanol–water partition coefficient (Wildman–Crippen LogP) is 1.05. The second-order valence-corrected chi connectivity index (χ2v) is 5.95. The third-order valence-corrected chi connectivity index (χ3v) is 4.40. The van der Waals surface area contributed by atoms with Gasteiger partial charge in [-0.25, -0.2) is 9.97 Å². The first-order valence-corrected chi connectivity index (χ1v) is 7.50. The van der Waals surface area contributed by atoms with Crippen molar-refractivity contribution in [2.24, 2.45) is 5.84 Å². The van der Waals surface area contributed by atoms with Crippen LogP contribution in [0.1, 0.15) is 0 Å². The van der Waals surface area contributed by atoms with Crippen LogP contribution in [0.2, 0.25) is 0 Å². The Labute approximate surface area is 130 Å². The maximum Gasteiger partial charge on any atom is 0.271 e. The summed E-state index contributed by atoms with van der Waals surface area (Å²) in [7, 11) is 3.92. The highest BCUT2D eigenvalue weighted by Gasteiger charge is 2.15. The van der Waals surface area contributed by atoms with Crippen LogP contribution in [0, 0.1) is 0 Å². The van der Waals surface area contributed by atoms with E-state index in [-0.39, 0.29) is 5.56 Å². The highest BCUT2D eigenvalue weighted by Crippen LogP contribution is 2.34. The van der Waals surface area contributed by atoms with Gasteiger partial charge in [0.1, 0.15) is 9.53 Å². The highest BCUT2D eigenvalue weighted by molar-refractivity contribution is 7.25. The van der Waals surface area contributed by atoms with Crippen molar-refractivity contribution in [2.45, 2.75) is 6.54 Å². The molecular formula is C14H16N6OS. The van der Waals surface area contributed by atoms with Crippen molar-refractivity contribution in [1.82, 2.24) is 20.0 Å². The van der Waals surface area contributed by atoms with Gasteiger partial charge in [0.2, 0.25) is 0 Å². The molecule has 0 aromatic carbocycles. The lowest BCUT2D eigenvalue weighted by molar-refractivity contribution is 0.762. The lowest BCUT2D eigenvalue weighted by Gasteiger charge is -2.13. The summed E-state index contributed by atoms with van der Waals surface area (Å²) in [6, 6.07) is 1.93. The molecule has 0 radical (unpaired) electrons. The zero-order chi connectivity index (χ0) is 15.7. The van der Waals surface area contributed by atoms with Crippen molar-refractivity contribution in [2.75, 3.05) is 19.0 Å². The van der Waals surface area contributed by atoms with Gasteiger partial charge in [0.15, 0.2) is 0 Å². The number of thiophene rings is 1. The number of anilines is 1. The van der Waals surface area contributed by atoms with Gasteiger partial charge in [-0.05, 0) is 12.1 Å². The second-order valence-electron chi connectivity index (χ2n) is 4.96. The van der Waals surface area contributed by atoms with Crippen molar-refractivity contribution in [3.8, 4) is 0 Å². The van der Waals surface area contributed by atoms with Gasteiger partial charge >= 0.3 is 0 Å². The summed E-state index contributed by atoms with van der Waals surface area (Å²) < 4.78 is 2.16. The van der Waals surface area contributed by atoms with E-state index in [0.717, 1.165) is 15.9 Å². The minimum absolute atomic E-state index is 0.0700. The van der Waals surface area contributed by atoms with Crippen LogP contribution in [0.15, 0.2) is 35.7 Å². The Morgan fingerprint density at radius 3 is 3.00 bits per heavy atom. The topological polar surface area (TPSA) is 89.1 Å². The molecule has 3 aromatic heterocycles. The molecule has 0 fully saturated rings. The summed E-state index contributed by atoms with van der Waals surface area (Å²) in [5, 5.41) is 0.927. The largest absolute Gasteiger partial charge is 0.377 e. The summed E-state index contributed by atoms with van der Waals surface area (Å²) in [5.74, 6) is 5.17. The van der Waals surface area contributed by atoms with Crippen molar-refractivity contribution < 1.29 is 0 Å². The van der Waals surface area contributed by atoms with Crippen LogP contribution in [0.25, 0.3) is 20.4 Å². The number of aromatic nitrogens is 3. The Hall–Kier alpha value is -2.45. The molecule has 0 unspecified atom stereocenters. The number of nitrogens with two attached hydrogens (primary N) is 1. The molecule has 0 saturated carbocycles. The third kappa shape index (κ3) is 2.32. The number of fused-ring (bicyclic) bond motifs is 3. The van der Waals surface area contributed by atoms with Crippen LogP contribution in [0.5, 0.6) is 0 Å². The smallest absolute Gasteiger partial charge is 0.271 e. The number of hydrogen-bond donors (Lipinski definition) is 2. The first-order valence-electron chi connectivity index (χ1n) is 6.68. The van der Waals surface area contributed by atoms with Crippen LogP contribution in [0.3, 0.4) is 0 Å². The van der Waals surface area contributed by atoms with Crippen molar-refractivity contribution in [3.05, 3.63) is 41.2 Å². The van der Waals surface area contributed by atoms with E-state index in [1.807, 2.05) is 25.1 Å². The average molecular weight is 316 g/mol. The monoisotopic (exact) mass is 316 g/mol. The Morgan fingerprint density at radius 1 is 1.45 bits per heavy atom. The molecule has 3 N–H and O–H groups in total. The second kappa shape index (κ2) is 5.74. The third-order valence-electron chi connectivity index (χ3n) is 3.32. The predicted molar refractivity (Wildman–Crippen MR) is 90.0 cm³/mol. The summed E-state index contributed by atoms with van der Waals surface area (Å²) in [6.45, 7) is 0.411. The highest BCUT2D eigenvalue weighted by atomic mass is 32.1. The zero-order valence-corrected chi connectivity index (χ0v) is 13.1. The molecular weight excluding hydrogens is 300 g/mol. The molecule has 0 atom stereocenters. The van der Waals surface area contributed by atoms with Gasteiger partial charge < -0.3 is 10.3 Å². The Morgan fingerprint density at radius 2 is 2.27 bits per heavy atom. The molecule has 0 spiro atoms. The van der Waals surface area contributed by atoms with Gasteiger partial charge in [0.25, 0.3) is 5.56 Å². The number of pyridine rings is 1. The number of rotatable bonds is 4. The molecule has 0 aliphatic rings. The Balaban J connectivity index is 2.24. The van der Waals surface area contributed by atoms with Crippen molar-refractivity contribution >= 4 is 37.5 Å². The fourth-order valence-corrected chi connectivity index (χ4v) is 3.37. The lowest BCUT2D eigenvalue weighted by atomic mass is 10.2. The van der Waals surface area contributed by atoms with Gasteiger partial charge in [0, 0.05) is 33.0 Å². The van der Waals surface area contributed by atoms with Crippen LogP contribution >= 0.6 is 11.3 Å². The van der Waals surface area contributed by atoms with E-state index >= 15 is 0 Å². The minimum Gasteiger partial charge on any atom is -0.377 e. The maximum atomic E-state index is 12.6. The van der Waals surface area contributed by atoms with Gasteiger partial charge in [-0.3, -0.25) is 15.2 Å². The normalized spacial score (nSPS) is 11.6. The molecule has 3 aromatic rings. The van der Waals surface area contributed by atoms with Gasteiger partial charge in [-0.1, -0.05) is 0 Å². The van der Waals surface area contributed by atoms with E-state index in [0.29, 0.717) is 16.8 Å². The van der Waals surface area contributed by atoms with E-state index in [4.69, 9.17) is 5.84 Å². The van der Waals surface area contributed by atoms with Gasteiger partial charge in [-0.2, -0.15) is 0 Å². The molecule has 22 heavy (non-hydrogen) atoms. The lowest BCUT2D eigenvalue weighted by Crippen LogP contribution is -2.20. The molecule has 3 heterocycles.